The molecular formula is C14H20ClN3O2. The number of nitrogens with one attached hydrogen (secondary N) is 1. The molecule has 0 aliphatic rings. The second kappa shape index (κ2) is 7.75. The van der Waals surface area contributed by atoms with Crippen molar-refractivity contribution in [2.24, 2.45) is 5.10 Å². The number of ether oxygens (including phenoxy) is 1. The van der Waals surface area contributed by atoms with Crippen molar-refractivity contribution in [1.29, 1.82) is 0 Å². The van der Waals surface area contributed by atoms with Crippen molar-refractivity contribution in [2.45, 2.75) is 20.8 Å². The smallest absolute Gasteiger partial charge is 0.430 e. The molecule has 0 saturated carbocycles. The van der Waals surface area contributed by atoms with Gasteiger partial charge in [0.1, 0.15) is 0 Å². The van der Waals surface area contributed by atoms with Crippen molar-refractivity contribution >= 4 is 29.1 Å². The zero-order valence-corrected chi connectivity index (χ0v) is 13.0. The summed E-state index contributed by atoms with van der Waals surface area (Å²) >= 11 is 6.01. The summed E-state index contributed by atoms with van der Waals surface area (Å²) < 4.78 is 4.95. The summed E-state index contributed by atoms with van der Waals surface area (Å²) in [5.41, 5.74) is 2.44. The summed E-state index contributed by atoms with van der Waals surface area (Å²) in [4.78, 5) is 11.7. The topological polar surface area (TPSA) is 53.9 Å². The van der Waals surface area contributed by atoms with Gasteiger partial charge in [0.05, 0.1) is 12.3 Å². The van der Waals surface area contributed by atoms with Crippen LogP contribution < -0.4 is 5.32 Å². The Morgan fingerprint density at radius 3 is 2.70 bits per heavy atom. The first-order valence-corrected chi connectivity index (χ1v) is 6.88. The third-order valence-corrected chi connectivity index (χ3v) is 2.92. The van der Waals surface area contributed by atoms with Crippen LogP contribution in [0.4, 0.5) is 10.5 Å². The van der Waals surface area contributed by atoms with Gasteiger partial charge < -0.3 is 10.1 Å². The molecule has 0 heterocycles. The van der Waals surface area contributed by atoms with Gasteiger partial charge in [0, 0.05) is 29.9 Å². The van der Waals surface area contributed by atoms with E-state index in [1.54, 1.807) is 13.0 Å². The zero-order chi connectivity index (χ0) is 15.1. The molecule has 0 aliphatic carbocycles. The maximum Gasteiger partial charge on any atom is 0.430 e. The number of amides is 1. The van der Waals surface area contributed by atoms with Gasteiger partial charge in [-0.1, -0.05) is 11.6 Å². The van der Waals surface area contributed by atoms with Crippen LogP contribution in [0.15, 0.2) is 23.3 Å². The molecule has 1 aromatic rings. The first-order valence-electron chi connectivity index (χ1n) is 6.50. The van der Waals surface area contributed by atoms with Gasteiger partial charge in [-0.15, -0.1) is 0 Å². The average Bonchev–Trinajstić information content (AvgIpc) is 2.44. The summed E-state index contributed by atoms with van der Waals surface area (Å²) in [6.45, 7) is 6.19. The van der Waals surface area contributed by atoms with Crippen LogP contribution in [0.5, 0.6) is 0 Å². The Balaban J connectivity index is 3.08. The number of nitrogens with zero attached hydrogens (tertiary/aromatic N) is 2. The Morgan fingerprint density at radius 2 is 2.15 bits per heavy atom. The number of benzene rings is 1. The molecule has 0 spiro atoms. The van der Waals surface area contributed by atoms with Gasteiger partial charge in [-0.2, -0.15) is 10.1 Å². The molecule has 110 valence electrons. The molecule has 6 heteroatoms. The van der Waals surface area contributed by atoms with Crippen LogP contribution in [0, 0.1) is 0 Å². The van der Waals surface area contributed by atoms with E-state index in [1.807, 2.05) is 33.0 Å². The highest BCUT2D eigenvalue weighted by molar-refractivity contribution is 6.31. The molecule has 1 rings (SSSR count). The highest BCUT2D eigenvalue weighted by atomic mass is 35.5. The molecule has 0 atom stereocenters. The second-order valence-corrected chi connectivity index (χ2v) is 4.48. The summed E-state index contributed by atoms with van der Waals surface area (Å²) in [5, 5.41) is 9.29. The van der Waals surface area contributed by atoms with Gasteiger partial charge >= 0.3 is 6.09 Å². The van der Waals surface area contributed by atoms with E-state index in [2.05, 4.69) is 10.4 Å². The number of rotatable bonds is 5. The molecule has 0 radical (unpaired) electrons. The average molecular weight is 298 g/mol. The molecule has 0 bridgehead atoms. The predicted octanol–water partition coefficient (Wildman–Crippen LogP) is 3.58. The van der Waals surface area contributed by atoms with Crippen molar-refractivity contribution in [3.63, 3.8) is 0 Å². The Hall–Kier alpha value is -1.75. The Labute approximate surface area is 124 Å². The third kappa shape index (κ3) is 4.13. The lowest BCUT2D eigenvalue weighted by molar-refractivity contribution is 0.110. The summed E-state index contributed by atoms with van der Waals surface area (Å²) in [5.74, 6) is 0. The standard InChI is InChI=1S/C14H20ClN3O2/c1-5-18(14(19)20-6-2)17-10(3)12-9-11(15)7-8-13(12)16-4/h7-9,16H,5-6H2,1-4H3/b17-10+. The van der Waals surface area contributed by atoms with Gasteiger partial charge in [-0.05, 0) is 39.0 Å². The Bertz CT molecular complexity index is 503. The Morgan fingerprint density at radius 1 is 1.45 bits per heavy atom. The first-order chi connectivity index (χ1) is 9.53. The minimum absolute atomic E-state index is 0.322. The minimum Gasteiger partial charge on any atom is -0.448 e. The second-order valence-electron chi connectivity index (χ2n) is 4.04. The molecule has 0 aromatic heterocycles. The maximum absolute atomic E-state index is 11.7. The molecular weight excluding hydrogens is 278 g/mol. The molecule has 20 heavy (non-hydrogen) atoms. The van der Waals surface area contributed by atoms with Gasteiger partial charge in [0.25, 0.3) is 0 Å². The van der Waals surface area contributed by atoms with Crippen molar-refractivity contribution in [3.8, 4) is 0 Å². The van der Waals surface area contributed by atoms with Crippen LogP contribution in [0.25, 0.3) is 0 Å². The summed E-state index contributed by atoms with van der Waals surface area (Å²) in [6, 6.07) is 5.48. The normalized spacial score (nSPS) is 11.2. The van der Waals surface area contributed by atoms with Gasteiger partial charge in [-0.3, -0.25) is 0 Å². The molecule has 1 amide bonds. The van der Waals surface area contributed by atoms with E-state index in [9.17, 15) is 4.79 Å². The van der Waals surface area contributed by atoms with Crippen molar-refractivity contribution in [2.75, 3.05) is 25.5 Å². The molecule has 5 nitrogen and oxygen atoms in total. The monoisotopic (exact) mass is 297 g/mol. The van der Waals surface area contributed by atoms with Crippen LogP contribution in [0.1, 0.15) is 26.3 Å². The van der Waals surface area contributed by atoms with Gasteiger partial charge in [-0.25, -0.2) is 4.79 Å². The van der Waals surface area contributed by atoms with Gasteiger partial charge in [0.2, 0.25) is 0 Å². The van der Waals surface area contributed by atoms with E-state index in [0.717, 1.165) is 11.3 Å². The number of halogens is 1. The highest BCUT2D eigenvalue weighted by Gasteiger charge is 2.13. The van der Waals surface area contributed by atoms with Crippen LogP contribution in [-0.2, 0) is 4.74 Å². The number of hydrazone groups is 1. The number of carbonyl (C=O) groups excluding carboxylic acids is 1. The van der Waals surface area contributed by atoms with Crippen molar-refractivity contribution in [3.05, 3.63) is 28.8 Å². The fourth-order valence-electron chi connectivity index (χ4n) is 1.71. The molecule has 0 fully saturated rings. The molecule has 1 N–H and O–H groups in total. The fraction of sp³-hybridized carbons (Fsp3) is 0.429. The molecule has 0 aliphatic heterocycles. The molecule has 1 aromatic carbocycles. The third-order valence-electron chi connectivity index (χ3n) is 2.69. The molecule has 0 saturated heterocycles. The molecule has 0 unspecified atom stereocenters. The maximum atomic E-state index is 11.7. The number of hydrogen-bond acceptors (Lipinski definition) is 4. The largest absolute Gasteiger partial charge is 0.448 e. The number of anilines is 1. The SMILES string of the molecule is CCOC(=O)N(CC)/N=C(\C)c1cc(Cl)ccc1NC. The first kappa shape index (κ1) is 16.3. The minimum atomic E-state index is -0.456. The number of carbonyl (C=O) groups is 1. The number of hydrogen-bond donors (Lipinski definition) is 1. The van der Waals surface area contributed by atoms with Crippen LogP contribution in [0.3, 0.4) is 0 Å². The van der Waals surface area contributed by atoms with E-state index in [0.29, 0.717) is 23.9 Å². The summed E-state index contributed by atoms with van der Waals surface area (Å²) in [6.07, 6.45) is -0.456. The van der Waals surface area contributed by atoms with Crippen molar-refractivity contribution < 1.29 is 9.53 Å². The predicted molar refractivity (Wildman–Crippen MR) is 82.6 cm³/mol. The lowest BCUT2D eigenvalue weighted by Crippen LogP contribution is -2.27. The van der Waals surface area contributed by atoms with E-state index < -0.39 is 6.09 Å². The lowest BCUT2D eigenvalue weighted by atomic mass is 10.1. The zero-order valence-electron chi connectivity index (χ0n) is 12.2. The highest BCUT2D eigenvalue weighted by Crippen LogP contribution is 2.21. The lowest BCUT2D eigenvalue weighted by Gasteiger charge is -2.16. The van der Waals surface area contributed by atoms with E-state index in [4.69, 9.17) is 16.3 Å². The van der Waals surface area contributed by atoms with Crippen LogP contribution >= 0.6 is 11.6 Å². The van der Waals surface area contributed by atoms with E-state index >= 15 is 0 Å². The fourth-order valence-corrected chi connectivity index (χ4v) is 1.88. The van der Waals surface area contributed by atoms with Crippen LogP contribution in [0.2, 0.25) is 5.02 Å². The van der Waals surface area contributed by atoms with Gasteiger partial charge in [0.15, 0.2) is 0 Å². The van der Waals surface area contributed by atoms with E-state index in [-0.39, 0.29) is 0 Å². The Kier molecular flexibility index (Phi) is 6.31. The van der Waals surface area contributed by atoms with E-state index in [1.165, 1.54) is 5.01 Å². The van der Waals surface area contributed by atoms with Crippen molar-refractivity contribution in [1.82, 2.24) is 5.01 Å². The summed E-state index contributed by atoms with van der Waals surface area (Å²) in [7, 11) is 1.82. The quantitative estimate of drug-likeness (QED) is 0.667. The van der Waals surface area contributed by atoms with Crippen LogP contribution in [-0.4, -0.2) is 37.0 Å².